The maximum absolute atomic E-state index is 12.0. The van der Waals surface area contributed by atoms with Crippen LogP contribution in [0, 0.1) is 0 Å². The summed E-state index contributed by atoms with van der Waals surface area (Å²) in [6.45, 7) is 1.20. The Bertz CT molecular complexity index is 611. The van der Waals surface area contributed by atoms with Crippen LogP contribution < -0.4 is 10.6 Å². The molecule has 0 unspecified atom stereocenters. The topological polar surface area (TPSA) is 68.2 Å². The monoisotopic (exact) mass is 320 g/mol. The number of rotatable bonds is 4. The molecule has 0 saturated carbocycles. The molecular formula is C15H20N4O2S. The summed E-state index contributed by atoms with van der Waals surface area (Å²) < 4.78 is 7.76. The molecule has 0 aliphatic carbocycles. The average molecular weight is 320 g/mol. The van der Waals surface area contributed by atoms with Gasteiger partial charge in [0, 0.05) is 26.2 Å². The lowest BCUT2D eigenvalue weighted by Crippen LogP contribution is -2.44. The molecule has 2 aromatic heterocycles. The second-order valence-electron chi connectivity index (χ2n) is 5.47. The van der Waals surface area contributed by atoms with Crippen molar-refractivity contribution in [3.05, 3.63) is 40.6 Å². The van der Waals surface area contributed by atoms with Crippen molar-refractivity contribution in [2.45, 2.75) is 31.5 Å². The Balaban J connectivity index is 1.49. The second-order valence-corrected chi connectivity index (χ2v) is 6.25. The number of carbonyl (C=O) groups is 1. The molecule has 2 N–H and O–H groups in total. The van der Waals surface area contributed by atoms with E-state index in [2.05, 4.69) is 15.6 Å². The minimum atomic E-state index is -0.123. The van der Waals surface area contributed by atoms with E-state index in [1.807, 2.05) is 34.6 Å². The van der Waals surface area contributed by atoms with Crippen LogP contribution in [0.5, 0.6) is 0 Å². The molecule has 0 radical (unpaired) electrons. The number of aromatic nitrogens is 2. The SMILES string of the molecule is Cn1cncc1[C@H]1C[C@H](NC(=O)NCc2ccsc2)CCO1. The first-order chi connectivity index (χ1) is 10.7. The van der Waals surface area contributed by atoms with Crippen LogP contribution in [0.25, 0.3) is 0 Å². The summed E-state index contributed by atoms with van der Waals surface area (Å²) in [6.07, 6.45) is 5.18. The first-order valence-electron chi connectivity index (χ1n) is 7.35. The molecule has 2 aromatic rings. The van der Waals surface area contributed by atoms with Gasteiger partial charge in [0.2, 0.25) is 0 Å². The quantitative estimate of drug-likeness (QED) is 0.907. The van der Waals surface area contributed by atoms with Crippen molar-refractivity contribution in [2.75, 3.05) is 6.61 Å². The number of carbonyl (C=O) groups excluding carboxylic acids is 1. The molecule has 3 heterocycles. The largest absolute Gasteiger partial charge is 0.372 e. The van der Waals surface area contributed by atoms with Crippen LogP contribution in [0.3, 0.4) is 0 Å². The highest BCUT2D eigenvalue weighted by atomic mass is 32.1. The molecule has 6 nitrogen and oxygen atoms in total. The number of hydrogen-bond donors (Lipinski definition) is 2. The number of urea groups is 1. The molecule has 118 valence electrons. The van der Waals surface area contributed by atoms with Gasteiger partial charge in [-0.1, -0.05) is 0 Å². The highest BCUT2D eigenvalue weighted by Gasteiger charge is 2.26. The van der Waals surface area contributed by atoms with Crippen molar-refractivity contribution < 1.29 is 9.53 Å². The molecule has 1 saturated heterocycles. The Morgan fingerprint density at radius 1 is 1.59 bits per heavy atom. The van der Waals surface area contributed by atoms with Gasteiger partial charge in [0.05, 0.1) is 18.2 Å². The number of aryl methyl sites for hydroxylation is 1. The van der Waals surface area contributed by atoms with Gasteiger partial charge in [0.15, 0.2) is 0 Å². The molecular weight excluding hydrogens is 300 g/mol. The number of amides is 2. The van der Waals surface area contributed by atoms with E-state index in [9.17, 15) is 4.79 Å². The predicted molar refractivity (Wildman–Crippen MR) is 84.6 cm³/mol. The first-order valence-corrected chi connectivity index (χ1v) is 8.30. The van der Waals surface area contributed by atoms with E-state index in [1.54, 1.807) is 17.7 Å². The van der Waals surface area contributed by atoms with Gasteiger partial charge in [-0.2, -0.15) is 11.3 Å². The molecule has 0 aromatic carbocycles. The van der Waals surface area contributed by atoms with E-state index < -0.39 is 0 Å². The Morgan fingerprint density at radius 2 is 2.50 bits per heavy atom. The number of imidazole rings is 1. The van der Waals surface area contributed by atoms with Crippen molar-refractivity contribution in [3.63, 3.8) is 0 Å². The zero-order valence-electron chi connectivity index (χ0n) is 12.5. The summed E-state index contributed by atoms with van der Waals surface area (Å²) >= 11 is 1.63. The lowest BCUT2D eigenvalue weighted by atomic mass is 10.0. The van der Waals surface area contributed by atoms with E-state index in [-0.39, 0.29) is 18.2 Å². The number of ether oxygens (including phenoxy) is 1. The van der Waals surface area contributed by atoms with Gasteiger partial charge in [-0.05, 0) is 35.2 Å². The van der Waals surface area contributed by atoms with Crippen LogP contribution in [0.4, 0.5) is 4.79 Å². The minimum Gasteiger partial charge on any atom is -0.372 e. The molecule has 2 atom stereocenters. The van der Waals surface area contributed by atoms with E-state index in [4.69, 9.17) is 4.74 Å². The summed E-state index contributed by atoms with van der Waals surface area (Å²) in [5, 5.41) is 9.97. The van der Waals surface area contributed by atoms with E-state index in [1.165, 1.54) is 0 Å². The highest BCUT2D eigenvalue weighted by molar-refractivity contribution is 7.07. The Hall–Kier alpha value is -1.86. The van der Waals surface area contributed by atoms with Gasteiger partial charge in [-0.15, -0.1) is 0 Å². The summed E-state index contributed by atoms with van der Waals surface area (Å²) in [5.41, 5.74) is 2.17. The summed E-state index contributed by atoms with van der Waals surface area (Å²) in [7, 11) is 1.95. The zero-order chi connectivity index (χ0) is 15.4. The number of nitrogens with one attached hydrogen (secondary N) is 2. The average Bonchev–Trinajstić information content (AvgIpc) is 3.16. The maximum Gasteiger partial charge on any atom is 0.315 e. The third-order valence-electron chi connectivity index (χ3n) is 3.84. The maximum atomic E-state index is 12.0. The minimum absolute atomic E-state index is 0.0107. The van der Waals surface area contributed by atoms with Gasteiger partial charge in [-0.3, -0.25) is 0 Å². The highest BCUT2D eigenvalue weighted by Crippen LogP contribution is 2.27. The third kappa shape index (κ3) is 3.66. The molecule has 1 fully saturated rings. The molecule has 3 rings (SSSR count). The third-order valence-corrected chi connectivity index (χ3v) is 4.57. The molecule has 0 bridgehead atoms. The fourth-order valence-corrected chi connectivity index (χ4v) is 3.29. The van der Waals surface area contributed by atoms with E-state index in [0.717, 1.165) is 24.1 Å². The number of hydrogen-bond acceptors (Lipinski definition) is 4. The predicted octanol–water partition coefficient (Wildman–Crippen LogP) is 2.20. The van der Waals surface area contributed by atoms with Gasteiger partial charge in [0.25, 0.3) is 0 Å². The Labute approximate surface area is 133 Å². The summed E-state index contributed by atoms with van der Waals surface area (Å²) in [5.74, 6) is 0. The van der Waals surface area contributed by atoms with Crippen molar-refractivity contribution in [1.29, 1.82) is 0 Å². The molecule has 7 heteroatoms. The van der Waals surface area contributed by atoms with Gasteiger partial charge < -0.3 is 19.9 Å². The van der Waals surface area contributed by atoms with Crippen LogP contribution in [-0.2, 0) is 18.3 Å². The normalized spacial score (nSPS) is 21.5. The van der Waals surface area contributed by atoms with Crippen molar-refractivity contribution >= 4 is 17.4 Å². The smallest absolute Gasteiger partial charge is 0.315 e. The van der Waals surface area contributed by atoms with Crippen molar-refractivity contribution in [1.82, 2.24) is 20.2 Å². The standard InChI is InChI=1S/C15H20N4O2S/c1-19-10-16-8-13(19)14-6-12(2-4-21-14)18-15(20)17-7-11-3-5-22-9-11/h3,5,8-10,12,14H,2,4,6-7H2,1H3,(H2,17,18,20)/t12-,14-/m1/s1. The molecule has 1 aliphatic heterocycles. The Morgan fingerprint density at radius 3 is 3.23 bits per heavy atom. The molecule has 1 aliphatic rings. The first kappa shape index (κ1) is 15.1. The summed E-state index contributed by atoms with van der Waals surface area (Å²) in [6, 6.07) is 2.01. The molecule has 2 amide bonds. The number of thiophene rings is 1. The zero-order valence-corrected chi connectivity index (χ0v) is 13.3. The Kier molecular flexibility index (Phi) is 4.74. The van der Waals surface area contributed by atoms with Crippen LogP contribution in [0.2, 0.25) is 0 Å². The lowest BCUT2D eigenvalue weighted by molar-refractivity contribution is -0.00178. The van der Waals surface area contributed by atoms with Crippen LogP contribution in [0.1, 0.15) is 30.2 Å². The fourth-order valence-electron chi connectivity index (χ4n) is 2.62. The van der Waals surface area contributed by atoms with Gasteiger partial charge in [0.1, 0.15) is 6.10 Å². The van der Waals surface area contributed by atoms with Crippen LogP contribution in [-0.4, -0.2) is 28.2 Å². The second kappa shape index (κ2) is 6.93. The van der Waals surface area contributed by atoms with Crippen LogP contribution in [0.15, 0.2) is 29.4 Å². The van der Waals surface area contributed by atoms with Gasteiger partial charge >= 0.3 is 6.03 Å². The molecule has 22 heavy (non-hydrogen) atoms. The molecule has 0 spiro atoms. The van der Waals surface area contributed by atoms with Gasteiger partial charge in [-0.25, -0.2) is 9.78 Å². The van der Waals surface area contributed by atoms with E-state index >= 15 is 0 Å². The summed E-state index contributed by atoms with van der Waals surface area (Å²) in [4.78, 5) is 16.1. The number of nitrogens with zero attached hydrogens (tertiary/aromatic N) is 2. The van der Waals surface area contributed by atoms with E-state index in [0.29, 0.717) is 13.2 Å². The lowest BCUT2D eigenvalue weighted by Gasteiger charge is -2.30. The van der Waals surface area contributed by atoms with Crippen LogP contribution >= 0.6 is 11.3 Å². The van der Waals surface area contributed by atoms with Crippen molar-refractivity contribution in [2.24, 2.45) is 7.05 Å². The van der Waals surface area contributed by atoms with Crippen molar-refractivity contribution in [3.8, 4) is 0 Å². The fraction of sp³-hybridized carbons (Fsp3) is 0.467.